The van der Waals surface area contributed by atoms with Crippen molar-refractivity contribution in [3.8, 4) is 0 Å². The minimum atomic E-state index is 0.667. The van der Waals surface area contributed by atoms with Crippen LogP contribution in [0.1, 0.15) is 18.5 Å². The van der Waals surface area contributed by atoms with Gasteiger partial charge in [-0.15, -0.1) is 11.3 Å². The number of rotatable bonds is 4. The molecule has 0 saturated carbocycles. The van der Waals surface area contributed by atoms with Gasteiger partial charge in [-0.25, -0.2) is 4.98 Å². The predicted octanol–water partition coefficient (Wildman–Crippen LogP) is 1.66. The monoisotopic (exact) mass is 212 g/mol. The summed E-state index contributed by atoms with van der Waals surface area (Å²) in [5, 5.41) is 5.43. The molecule has 0 bridgehead atoms. The molecule has 14 heavy (non-hydrogen) atoms. The van der Waals surface area contributed by atoms with Gasteiger partial charge in [-0.2, -0.15) is 0 Å². The fraction of sp³-hybridized carbons (Fsp3) is 0.700. The van der Waals surface area contributed by atoms with E-state index in [1.165, 1.54) is 19.4 Å². The molecule has 1 aliphatic heterocycles. The van der Waals surface area contributed by atoms with Crippen LogP contribution in [0.3, 0.4) is 0 Å². The predicted molar refractivity (Wildman–Crippen MR) is 57.4 cm³/mol. The molecule has 4 heteroatoms. The fourth-order valence-electron chi connectivity index (χ4n) is 1.71. The average molecular weight is 212 g/mol. The van der Waals surface area contributed by atoms with Crippen molar-refractivity contribution >= 4 is 11.3 Å². The van der Waals surface area contributed by atoms with Crippen molar-refractivity contribution in [2.24, 2.45) is 5.92 Å². The summed E-state index contributed by atoms with van der Waals surface area (Å²) >= 11 is 1.62. The van der Waals surface area contributed by atoms with Crippen LogP contribution in [0.4, 0.5) is 0 Å². The Morgan fingerprint density at radius 3 is 3.36 bits per heavy atom. The Labute approximate surface area is 88.5 Å². The Hall–Kier alpha value is -0.450. The van der Waals surface area contributed by atoms with Crippen molar-refractivity contribution in [2.45, 2.75) is 19.4 Å². The first-order chi connectivity index (χ1) is 6.95. The van der Waals surface area contributed by atoms with Gasteiger partial charge in [0.1, 0.15) is 0 Å². The van der Waals surface area contributed by atoms with Crippen LogP contribution in [-0.2, 0) is 11.3 Å². The smallest absolute Gasteiger partial charge is 0.0896 e. The molecular weight excluding hydrogens is 196 g/mol. The van der Waals surface area contributed by atoms with Crippen LogP contribution < -0.4 is 5.32 Å². The van der Waals surface area contributed by atoms with Crippen molar-refractivity contribution in [1.82, 2.24) is 10.3 Å². The molecular formula is C10H16N2OS. The topological polar surface area (TPSA) is 34.1 Å². The summed E-state index contributed by atoms with van der Waals surface area (Å²) in [4.78, 5) is 4.18. The zero-order valence-electron chi connectivity index (χ0n) is 8.24. The number of piperidine rings is 1. The highest BCUT2D eigenvalue weighted by molar-refractivity contribution is 7.07. The summed E-state index contributed by atoms with van der Waals surface area (Å²) in [5.41, 5.74) is 2.90. The Morgan fingerprint density at radius 2 is 2.64 bits per heavy atom. The van der Waals surface area contributed by atoms with Crippen LogP contribution in [0.15, 0.2) is 10.9 Å². The van der Waals surface area contributed by atoms with Crippen molar-refractivity contribution in [2.75, 3.05) is 19.7 Å². The second-order valence-electron chi connectivity index (χ2n) is 3.71. The van der Waals surface area contributed by atoms with Crippen molar-refractivity contribution < 1.29 is 4.74 Å². The molecule has 1 N–H and O–H groups in total. The standard InChI is InChI=1S/C10H16N2OS/c1-2-9(4-11-3-1)5-13-6-10-7-14-8-12-10/h7-9,11H,1-6H2. The molecule has 2 rings (SSSR count). The number of hydrogen-bond donors (Lipinski definition) is 1. The maximum Gasteiger partial charge on any atom is 0.0896 e. The van der Waals surface area contributed by atoms with Crippen LogP contribution in [0.5, 0.6) is 0 Å². The van der Waals surface area contributed by atoms with Crippen LogP contribution in [0.2, 0.25) is 0 Å². The molecule has 1 fully saturated rings. The quantitative estimate of drug-likeness (QED) is 0.824. The zero-order valence-corrected chi connectivity index (χ0v) is 9.05. The molecule has 0 aliphatic carbocycles. The van der Waals surface area contributed by atoms with Gasteiger partial charge in [-0.3, -0.25) is 0 Å². The van der Waals surface area contributed by atoms with Gasteiger partial charge in [0.15, 0.2) is 0 Å². The first kappa shape index (κ1) is 10.1. The molecule has 0 radical (unpaired) electrons. The number of nitrogens with zero attached hydrogens (tertiary/aromatic N) is 1. The van der Waals surface area contributed by atoms with Gasteiger partial charge in [0.25, 0.3) is 0 Å². The van der Waals surface area contributed by atoms with E-state index in [1.807, 2.05) is 10.9 Å². The van der Waals surface area contributed by atoms with Crippen LogP contribution >= 0.6 is 11.3 Å². The molecule has 1 atom stereocenters. The van der Waals surface area contributed by atoms with Gasteiger partial charge in [0.05, 0.1) is 24.4 Å². The average Bonchev–Trinajstić information content (AvgIpc) is 2.72. The van der Waals surface area contributed by atoms with Crippen LogP contribution in [-0.4, -0.2) is 24.7 Å². The van der Waals surface area contributed by atoms with E-state index in [1.54, 1.807) is 11.3 Å². The second-order valence-corrected chi connectivity index (χ2v) is 4.43. The van der Waals surface area contributed by atoms with E-state index in [9.17, 15) is 0 Å². The van der Waals surface area contributed by atoms with Gasteiger partial charge in [0, 0.05) is 11.9 Å². The van der Waals surface area contributed by atoms with E-state index >= 15 is 0 Å². The highest BCUT2D eigenvalue weighted by Crippen LogP contribution is 2.11. The number of aromatic nitrogens is 1. The summed E-state index contributed by atoms with van der Waals surface area (Å²) in [7, 11) is 0. The summed E-state index contributed by atoms with van der Waals surface area (Å²) < 4.78 is 5.62. The molecule has 1 aromatic heterocycles. The highest BCUT2D eigenvalue weighted by atomic mass is 32.1. The van der Waals surface area contributed by atoms with E-state index in [0.717, 1.165) is 18.8 Å². The normalized spacial score (nSPS) is 22.4. The summed E-state index contributed by atoms with van der Waals surface area (Å²) in [5.74, 6) is 0.697. The van der Waals surface area contributed by atoms with Crippen LogP contribution in [0.25, 0.3) is 0 Å². The fourth-order valence-corrected chi connectivity index (χ4v) is 2.25. The van der Waals surface area contributed by atoms with Gasteiger partial charge < -0.3 is 10.1 Å². The van der Waals surface area contributed by atoms with E-state index in [2.05, 4.69) is 10.3 Å². The third-order valence-corrected chi connectivity index (χ3v) is 3.12. The highest BCUT2D eigenvalue weighted by Gasteiger charge is 2.12. The van der Waals surface area contributed by atoms with Gasteiger partial charge in [-0.05, 0) is 25.3 Å². The van der Waals surface area contributed by atoms with Crippen LogP contribution in [0, 0.1) is 5.92 Å². The lowest BCUT2D eigenvalue weighted by Crippen LogP contribution is -2.32. The Balaban J connectivity index is 1.62. The maximum atomic E-state index is 5.62. The summed E-state index contributed by atoms with van der Waals surface area (Å²) in [6, 6.07) is 0. The van der Waals surface area contributed by atoms with Gasteiger partial charge in [-0.1, -0.05) is 0 Å². The van der Waals surface area contributed by atoms with Crippen molar-refractivity contribution in [3.63, 3.8) is 0 Å². The lowest BCUT2D eigenvalue weighted by molar-refractivity contribution is 0.0766. The molecule has 1 aromatic rings. The minimum Gasteiger partial charge on any atom is -0.375 e. The molecule has 1 saturated heterocycles. The maximum absolute atomic E-state index is 5.62. The molecule has 1 unspecified atom stereocenters. The van der Waals surface area contributed by atoms with E-state index < -0.39 is 0 Å². The Kier molecular flexibility index (Phi) is 3.91. The third-order valence-electron chi connectivity index (χ3n) is 2.49. The van der Waals surface area contributed by atoms with Gasteiger partial charge >= 0.3 is 0 Å². The second kappa shape index (κ2) is 5.44. The summed E-state index contributed by atoms with van der Waals surface area (Å²) in [6.45, 7) is 3.81. The number of thiazole rings is 1. The molecule has 2 heterocycles. The zero-order chi connectivity index (χ0) is 9.64. The third kappa shape index (κ3) is 3.04. The first-order valence-corrected chi connectivity index (χ1v) is 6.05. The van der Waals surface area contributed by atoms with Crippen molar-refractivity contribution in [1.29, 1.82) is 0 Å². The lowest BCUT2D eigenvalue weighted by Gasteiger charge is -2.22. The Morgan fingerprint density at radius 1 is 1.64 bits per heavy atom. The van der Waals surface area contributed by atoms with E-state index in [4.69, 9.17) is 4.74 Å². The molecule has 0 spiro atoms. The molecule has 0 aromatic carbocycles. The first-order valence-electron chi connectivity index (χ1n) is 5.10. The largest absolute Gasteiger partial charge is 0.375 e. The molecule has 1 aliphatic rings. The van der Waals surface area contributed by atoms with E-state index in [0.29, 0.717) is 12.5 Å². The number of nitrogens with one attached hydrogen (secondary N) is 1. The molecule has 3 nitrogen and oxygen atoms in total. The van der Waals surface area contributed by atoms with Gasteiger partial charge in [0.2, 0.25) is 0 Å². The SMILES string of the molecule is c1nc(COCC2CCCNC2)cs1. The number of ether oxygens (including phenoxy) is 1. The number of hydrogen-bond acceptors (Lipinski definition) is 4. The Bertz CT molecular complexity index is 245. The lowest BCUT2D eigenvalue weighted by atomic mass is 10.0. The summed E-state index contributed by atoms with van der Waals surface area (Å²) in [6.07, 6.45) is 2.58. The van der Waals surface area contributed by atoms with E-state index in [-0.39, 0.29) is 0 Å². The molecule has 0 amide bonds. The molecule has 78 valence electrons. The minimum absolute atomic E-state index is 0.667. The van der Waals surface area contributed by atoms with Crippen molar-refractivity contribution in [3.05, 3.63) is 16.6 Å².